The number of methoxy groups -OCH3 is 2. The summed E-state index contributed by atoms with van der Waals surface area (Å²) in [7, 11) is 3.28. The average Bonchev–Trinajstić information content (AvgIpc) is 3.44. The molecule has 3 aromatic heterocycles. The summed E-state index contributed by atoms with van der Waals surface area (Å²) in [5.74, 6) is 3.74. The standard InChI is InChI=1S/C23H23BrN6O2/c1-13-12-25-20(26-13)16-7-8-18(27-23(16)32-3)21-28-22-15(5-4-10-30(22)29-21)14-6-9-19(31-2)17(24)11-14/h6-9,11-12,15H,4-5,10H2,1-3H3,(H,25,26). The van der Waals surface area contributed by atoms with E-state index in [4.69, 9.17) is 19.6 Å². The van der Waals surface area contributed by atoms with Crippen molar-refractivity contribution in [1.29, 1.82) is 0 Å². The van der Waals surface area contributed by atoms with Crippen LogP contribution in [-0.2, 0) is 6.54 Å². The fraction of sp³-hybridized carbons (Fsp3) is 0.304. The zero-order valence-electron chi connectivity index (χ0n) is 18.1. The summed E-state index contributed by atoms with van der Waals surface area (Å²) in [5, 5.41) is 4.76. The van der Waals surface area contributed by atoms with Gasteiger partial charge >= 0.3 is 0 Å². The van der Waals surface area contributed by atoms with Crippen LogP contribution in [0.2, 0.25) is 0 Å². The van der Waals surface area contributed by atoms with Gasteiger partial charge in [-0.3, -0.25) is 0 Å². The van der Waals surface area contributed by atoms with E-state index in [1.165, 1.54) is 5.56 Å². The number of rotatable bonds is 5. The molecule has 32 heavy (non-hydrogen) atoms. The van der Waals surface area contributed by atoms with Gasteiger partial charge in [-0.05, 0) is 65.5 Å². The first-order chi connectivity index (χ1) is 15.6. The molecule has 0 aliphatic carbocycles. The molecule has 1 N–H and O–H groups in total. The maximum Gasteiger partial charge on any atom is 0.224 e. The Hall–Kier alpha value is -3.20. The summed E-state index contributed by atoms with van der Waals surface area (Å²) in [6.45, 7) is 2.78. The van der Waals surface area contributed by atoms with Crippen LogP contribution in [0, 0.1) is 6.92 Å². The largest absolute Gasteiger partial charge is 0.496 e. The third kappa shape index (κ3) is 3.66. The second kappa shape index (κ2) is 8.38. The molecule has 1 unspecified atom stereocenters. The van der Waals surface area contributed by atoms with Gasteiger partial charge < -0.3 is 14.5 Å². The van der Waals surface area contributed by atoms with Crippen molar-refractivity contribution in [2.75, 3.05) is 14.2 Å². The molecule has 4 heterocycles. The van der Waals surface area contributed by atoms with Crippen molar-refractivity contribution in [3.63, 3.8) is 0 Å². The van der Waals surface area contributed by atoms with Gasteiger partial charge in [0.15, 0.2) is 5.82 Å². The van der Waals surface area contributed by atoms with Gasteiger partial charge in [0.25, 0.3) is 0 Å². The predicted octanol–water partition coefficient (Wildman–Crippen LogP) is 4.74. The highest BCUT2D eigenvalue weighted by Gasteiger charge is 2.27. The van der Waals surface area contributed by atoms with E-state index in [1.54, 1.807) is 14.2 Å². The zero-order valence-corrected chi connectivity index (χ0v) is 19.7. The van der Waals surface area contributed by atoms with Crippen LogP contribution in [-0.4, -0.2) is 43.9 Å². The van der Waals surface area contributed by atoms with Crippen molar-refractivity contribution >= 4 is 15.9 Å². The van der Waals surface area contributed by atoms with Gasteiger partial charge in [-0.15, -0.1) is 5.10 Å². The lowest BCUT2D eigenvalue weighted by atomic mass is 9.91. The molecule has 0 saturated heterocycles. The van der Waals surface area contributed by atoms with Gasteiger partial charge in [0, 0.05) is 18.7 Å². The van der Waals surface area contributed by atoms with Crippen LogP contribution in [0.15, 0.2) is 41.0 Å². The molecule has 0 amide bonds. The smallest absolute Gasteiger partial charge is 0.224 e. The molecule has 0 bridgehead atoms. The van der Waals surface area contributed by atoms with Crippen LogP contribution >= 0.6 is 15.9 Å². The number of ether oxygens (including phenoxy) is 2. The number of nitrogens with zero attached hydrogens (tertiary/aromatic N) is 5. The SMILES string of the molecule is COc1ccc(C2CCCn3nc(-c4ccc(-c5nc(C)c[nH]5)c(OC)n4)nc32)cc1Br. The number of nitrogens with one attached hydrogen (secondary N) is 1. The lowest BCUT2D eigenvalue weighted by Gasteiger charge is -2.22. The van der Waals surface area contributed by atoms with Crippen molar-refractivity contribution in [3.8, 4) is 34.5 Å². The molecule has 4 aromatic rings. The first kappa shape index (κ1) is 20.7. The Labute approximate surface area is 194 Å². The first-order valence-corrected chi connectivity index (χ1v) is 11.2. The first-order valence-electron chi connectivity index (χ1n) is 10.4. The van der Waals surface area contributed by atoms with E-state index < -0.39 is 0 Å². The summed E-state index contributed by atoms with van der Waals surface area (Å²) >= 11 is 3.60. The third-order valence-electron chi connectivity index (χ3n) is 5.70. The van der Waals surface area contributed by atoms with Gasteiger partial charge in [0.2, 0.25) is 5.88 Å². The molecule has 1 aromatic carbocycles. The quantitative estimate of drug-likeness (QED) is 0.430. The number of aryl methyl sites for hydroxylation is 2. The van der Waals surface area contributed by atoms with Crippen molar-refractivity contribution in [1.82, 2.24) is 29.7 Å². The number of benzene rings is 1. The molecule has 1 atom stereocenters. The van der Waals surface area contributed by atoms with E-state index in [0.29, 0.717) is 17.4 Å². The van der Waals surface area contributed by atoms with E-state index in [2.05, 4.69) is 43.0 Å². The molecule has 0 fully saturated rings. The Bertz CT molecular complexity index is 1280. The van der Waals surface area contributed by atoms with Crippen LogP contribution in [0.4, 0.5) is 0 Å². The second-order valence-corrected chi connectivity index (χ2v) is 8.60. The summed E-state index contributed by atoms with van der Waals surface area (Å²) in [5.41, 5.74) is 3.57. The zero-order chi connectivity index (χ0) is 22.2. The van der Waals surface area contributed by atoms with Crippen molar-refractivity contribution < 1.29 is 9.47 Å². The number of H-pyrrole nitrogens is 1. The summed E-state index contributed by atoms with van der Waals surface area (Å²) in [4.78, 5) is 17.2. The normalized spacial score (nSPS) is 15.4. The molecule has 5 rings (SSSR count). The third-order valence-corrected chi connectivity index (χ3v) is 6.32. The number of aromatic amines is 1. The molecule has 0 spiro atoms. The fourth-order valence-electron chi connectivity index (χ4n) is 4.13. The minimum absolute atomic E-state index is 0.166. The number of hydrogen-bond donors (Lipinski definition) is 1. The molecule has 1 aliphatic rings. The highest BCUT2D eigenvalue weighted by molar-refractivity contribution is 9.10. The number of hydrogen-bond acceptors (Lipinski definition) is 6. The Morgan fingerprint density at radius 1 is 1.09 bits per heavy atom. The highest BCUT2D eigenvalue weighted by Crippen LogP contribution is 2.37. The van der Waals surface area contributed by atoms with Crippen LogP contribution in [0.25, 0.3) is 22.9 Å². The molecule has 164 valence electrons. The molecule has 8 nitrogen and oxygen atoms in total. The molecular formula is C23H23BrN6O2. The van der Waals surface area contributed by atoms with Gasteiger partial charge in [0.1, 0.15) is 23.1 Å². The molecule has 0 saturated carbocycles. The van der Waals surface area contributed by atoms with Gasteiger partial charge in [0.05, 0.1) is 29.9 Å². The van der Waals surface area contributed by atoms with Crippen LogP contribution in [0.1, 0.15) is 35.8 Å². The number of aromatic nitrogens is 6. The topological polar surface area (TPSA) is 90.7 Å². The van der Waals surface area contributed by atoms with Crippen LogP contribution in [0.5, 0.6) is 11.6 Å². The molecule has 0 radical (unpaired) electrons. The number of halogens is 1. The number of imidazole rings is 1. The minimum Gasteiger partial charge on any atom is -0.496 e. The van der Waals surface area contributed by atoms with Crippen molar-refractivity contribution in [2.45, 2.75) is 32.2 Å². The van der Waals surface area contributed by atoms with Crippen LogP contribution < -0.4 is 9.47 Å². The molecular weight excluding hydrogens is 472 g/mol. The Balaban J connectivity index is 1.51. The summed E-state index contributed by atoms with van der Waals surface area (Å²) < 4.78 is 13.9. The Kier molecular flexibility index (Phi) is 5.42. The van der Waals surface area contributed by atoms with Crippen LogP contribution in [0.3, 0.4) is 0 Å². The van der Waals surface area contributed by atoms with E-state index in [-0.39, 0.29) is 5.92 Å². The molecule has 9 heteroatoms. The fourth-order valence-corrected chi connectivity index (χ4v) is 4.69. The monoisotopic (exact) mass is 494 g/mol. The number of fused-ring (bicyclic) bond motifs is 1. The lowest BCUT2D eigenvalue weighted by Crippen LogP contribution is -2.18. The maximum absolute atomic E-state index is 5.55. The molecule has 1 aliphatic heterocycles. The van der Waals surface area contributed by atoms with Gasteiger partial charge in [-0.1, -0.05) is 6.07 Å². The number of pyridine rings is 1. The predicted molar refractivity (Wildman–Crippen MR) is 124 cm³/mol. The average molecular weight is 495 g/mol. The van der Waals surface area contributed by atoms with Crippen molar-refractivity contribution in [2.24, 2.45) is 0 Å². The Morgan fingerprint density at radius 3 is 2.69 bits per heavy atom. The summed E-state index contributed by atoms with van der Waals surface area (Å²) in [6.07, 6.45) is 3.91. The van der Waals surface area contributed by atoms with E-state index in [9.17, 15) is 0 Å². The highest BCUT2D eigenvalue weighted by atomic mass is 79.9. The lowest BCUT2D eigenvalue weighted by molar-refractivity contribution is 0.400. The van der Waals surface area contributed by atoms with Gasteiger partial charge in [-0.25, -0.2) is 19.6 Å². The van der Waals surface area contributed by atoms with Crippen molar-refractivity contribution in [3.05, 3.63) is 58.1 Å². The summed E-state index contributed by atoms with van der Waals surface area (Å²) in [6, 6.07) is 10.0. The Morgan fingerprint density at radius 2 is 1.97 bits per heavy atom. The van der Waals surface area contributed by atoms with E-state index >= 15 is 0 Å². The minimum atomic E-state index is 0.166. The van der Waals surface area contributed by atoms with Gasteiger partial charge in [-0.2, -0.15) is 0 Å². The second-order valence-electron chi connectivity index (χ2n) is 7.75. The van der Waals surface area contributed by atoms with E-state index in [1.807, 2.05) is 36.0 Å². The maximum atomic E-state index is 5.55. The van der Waals surface area contributed by atoms with E-state index in [0.717, 1.165) is 52.5 Å².